The molecule has 3 nitrogen and oxygen atoms in total. The molecule has 19 heavy (non-hydrogen) atoms. The fraction of sp³-hybridized carbons (Fsp3) is 0.0769. The zero-order chi connectivity index (χ0) is 14.0. The molecule has 0 unspecified atom stereocenters. The lowest BCUT2D eigenvalue weighted by Gasteiger charge is -2.07. The number of carbonyl (C=O) groups excluding carboxylic acids is 1. The summed E-state index contributed by atoms with van der Waals surface area (Å²) in [6.07, 6.45) is 0. The van der Waals surface area contributed by atoms with Gasteiger partial charge < -0.3 is 5.32 Å². The van der Waals surface area contributed by atoms with Crippen LogP contribution in [0, 0.1) is 12.7 Å². The predicted molar refractivity (Wildman–Crippen MR) is 76.0 cm³/mol. The van der Waals surface area contributed by atoms with E-state index in [2.05, 4.69) is 26.2 Å². The van der Waals surface area contributed by atoms with Crippen molar-refractivity contribution in [1.29, 1.82) is 0 Å². The van der Waals surface area contributed by atoms with Crippen LogP contribution in [0.1, 0.15) is 16.1 Å². The van der Waals surface area contributed by atoms with Gasteiger partial charge in [0.15, 0.2) is 0 Å². The summed E-state index contributed by atoms with van der Waals surface area (Å²) in [5.41, 5.74) is 1.54. The third kappa shape index (κ3) is 3.52. The maximum absolute atomic E-state index is 13.1. The van der Waals surface area contributed by atoms with E-state index in [0.717, 1.165) is 0 Å². The Bertz CT molecular complexity index is 628. The maximum atomic E-state index is 13.1. The van der Waals surface area contributed by atoms with Gasteiger partial charge in [0.2, 0.25) is 0 Å². The van der Waals surface area contributed by atoms with Crippen molar-refractivity contribution in [1.82, 2.24) is 4.98 Å². The van der Waals surface area contributed by atoms with Gasteiger partial charge in [0, 0.05) is 16.9 Å². The molecule has 0 saturated carbocycles. The number of nitrogens with one attached hydrogen (secondary N) is 1. The Balaban J connectivity index is 2.22. The van der Waals surface area contributed by atoms with Crippen molar-refractivity contribution in [2.45, 2.75) is 6.92 Å². The van der Waals surface area contributed by atoms with Crippen LogP contribution in [0.4, 0.5) is 10.1 Å². The molecule has 0 aliphatic heterocycles. The Morgan fingerprint density at radius 3 is 2.74 bits per heavy atom. The lowest BCUT2D eigenvalue weighted by molar-refractivity contribution is 0.102. The van der Waals surface area contributed by atoms with Gasteiger partial charge in [-0.25, -0.2) is 9.37 Å². The van der Waals surface area contributed by atoms with Crippen LogP contribution in [0.15, 0.2) is 34.8 Å². The van der Waals surface area contributed by atoms with E-state index in [4.69, 9.17) is 11.6 Å². The van der Waals surface area contributed by atoms with E-state index in [-0.39, 0.29) is 21.4 Å². The lowest BCUT2D eigenvalue weighted by Crippen LogP contribution is -2.12. The molecule has 0 aliphatic carbocycles. The van der Waals surface area contributed by atoms with Crippen LogP contribution in [0.3, 0.4) is 0 Å². The number of aromatic nitrogens is 1. The van der Waals surface area contributed by atoms with Crippen LogP contribution in [0.25, 0.3) is 0 Å². The zero-order valence-corrected chi connectivity index (χ0v) is 12.2. The van der Waals surface area contributed by atoms with Gasteiger partial charge in [-0.15, -0.1) is 0 Å². The second kappa shape index (κ2) is 5.67. The number of halogens is 3. The summed E-state index contributed by atoms with van der Waals surface area (Å²) in [6, 6.07) is 7.34. The monoisotopic (exact) mass is 342 g/mol. The molecule has 0 saturated heterocycles. The van der Waals surface area contributed by atoms with Gasteiger partial charge in [-0.2, -0.15) is 0 Å². The smallest absolute Gasteiger partial charge is 0.255 e. The first-order valence-corrected chi connectivity index (χ1v) is 6.53. The molecule has 2 rings (SSSR count). The van der Waals surface area contributed by atoms with Crippen molar-refractivity contribution in [2.75, 3.05) is 5.32 Å². The van der Waals surface area contributed by atoms with Gasteiger partial charge in [0.1, 0.15) is 11.0 Å². The Morgan fingerprint density at radius 2 is 2.11 bits per heavy atom. The molecule has 1 aromatic carbocycles. The van der Waals surface area contributed by atoms with Gasteiger partial charge in [-0.05, 0) is 53.2 Å². The minimum atomic E-state index is -0.388. The second-order valence-corrected chi connectivity index (χ2v) is 5.14. The standard InChI is InChI=1S/C13H9BrClFN2O/c1-7-4-8(5-12(15)17-7)13(19)18-9-2-3-11(16)10(14)6-9/h2-6H,1H3,(H,18,19). The highest BCUT2D eigenvalue weighted by Crippen LogP contribution is 2.21. The van der Waals surface area contributed by atoms with Gasteiger partial charge in [-0.3, -0.25) is 4.79 Å². The van der Waals surface area contributed by atoms with Crippen molar-refractivity contribution < 1.29 is 9.18 Å². The molecule has 0 aliphatic rings. The van der Waals surface area contributed by atoms with Crippen molar-refractivity contribution in [3.63, 3.8) is 0 Å². The van der Waals surface area contributed by atoms with Crippen molar-refractivity contribution in [2.24, 2.45) is 0 Å². The number of aryl methyl sites for hydroxylation is 1. The summed E-state index contributed by atoms with van der Waals surface area (Å²) in [4.78, 5) is 16.0. The third-order valence-electron chi connectivity index (χ3n) is 2.36. The fourth-order valence-electron chi connectivity index (χ4n) is 1.54. The molecule has 6 heteroatoms. The number of nitrogens with zero attached hydrogens (tertiary/aromatic N) is 1. The number of hydrogen-bond donors (Lipinski definition) is 1. The first kappa shape index (κ1) is 14.0. The van der Waals surface area contributed by atoms with E-state index >= 15 is 0 Å². The fourth-order valence-corrected chi connectivity index (χ4v) is 2.17. The Morgan fingerprint density at radius 1 is 1.37 bits per heavy atom. The number of hydrogen-bond acceptors (Lipinski definition) is 2. The predicted octanol–water partition coefficient (Wildman–Crippen LogP) is 4.20. The number of benzene rings is 1. The average molecular weight is 344 g/mol. The molecule has 2 aromatic rings. The van der Waals surface area contributed by atoms with Gasteiger partial charge in [-0.1, -0.05) is 11.6 Å². The molecular weight excluding hydrogens is 335 g/mol. The van der Waals surface area contributed by atoms with Crippen LogP contribution in [0.2, 0.25) is 5.15 Å². The van der Waals surface area contributed by atoms with Crippen LogP contribution < -0.4 is 5.32 Å². The molecule has 0 bridgehead atoms. The summed E-state index contributed by atoms with van der Waals surface area (Å²) in [6.45, 7) is 1.75. The van der Waals surface area contributed by atoms with Crippen LogP contribution in [-0.4, -0.2) is 10.9 Å². The number of anilines is 1. The molecule has 0 atom stereocenters. The van der Waals surface area contributed by atoms with E-state index in [1.165, 1.54) is 24.3 Å². The van der Waals surface area contributed by atoms with Crippen molar-refractivity contribution in [3.05, 3.63) is 57.0 Å². The summed E-state index contributed by atoms with van der Waals surface area (Å²) in [5, 5.41) is 2.91. The lowest BCUT2D eigenvalue weighted by atomic mass is 10.2. The first-order chi connectivity index (χ1) is 8.95. The number of amides is 1. The highest BCUT2D eigenvalue weighted by Gasteiger charge is 2.09. The summed E-state index contributed by atoms with van der Waals surface area (Å²) in [7, 11) is 0. The topological polar surface area (TPSA) is 42.0 Å². The largest absolute Gasteiger partial charge is 0.322 e. The minimum Gasteiger partial charge on any atom is -0.322 e. The summed E-state index contributed by atoms with van der Waals surface area (Å²) >= 11 is 8.85. The average Bonchev–Trinajstić information content (AvgIpc) is 2.32. The maximum Gasteiger partial charge on any atom is 0.255 e. The second-order valence-electron chi connectivity index (χ2n) is 3.90. The Labute approximate surface area is 122 Å². The van der Waals surface area contributed by atoms with E-state index in [9.17, 15) is 9.18 Å². The van der Waals surface area contributed by atoms with Crippen molar-refractivity contribution in [3.8, 4) is 0 Å². The Hall–Kier alpha value is -1.46. The molecule has 0 radical (unpaired) electrons. The molecule has 0 spiro atoms. The molecule has 0 fully saturated rings. The van der Waals surface area contributed by atoms with Crippen LogP contribution >= 0.6 is 27.5 Å². The van der Waals surface area contributed by atoms with Gasteiger partial charge in [0.05, 0.1) is 4.47 Å². The SMILES string of the molecule is Cc1cc(C(=O)Nc2ccc(F)c(Br)c2)cc(Cl)n1. The number of pyridine rings is 1. The van der Waals surface area contributed by atoms with Gasteiger partial charge >= 0.3 is 0 Å². The van der Waals surface area contributed by atoms with Crippen molar-refractivity contribution >= 4 is 39.1 Å². The normalized spacial score (nSPS) is 10.3. The summed E-state index contributed by atoms with van der Waals surface area (Å²) in [5.74, 6) is -0.716. The van der Waals surface area contributed by atoms with E-state index in [0.29, 0.717) is 16.9 Å². The minimum absolute atomic E-state index is 0.255. The highest BCUT2D eigenvalue weighted by molar-refractivity contribution is 9.10. The molecule has 1 N–H and O–H groups in total. The quantitative estimate of drug-likeness (QED) is 0.831. The van der Waals surface area contributed by atoms with E-state index in [1.54, 1.807) is 13.0 Å². The molecule has 1 heterocycles. The number of rotatable bonds is 2. The highest BCUT2D eigenvalue weighted by atomic mass is 79.9. The number of carbonyl (C=O) groups is 1. The van der Waals surface area contributed by atoms with Crippen LogP contribution in [-0.2, 0) is 0 Å². The first-order valence-electron chi connectivity index (χ1n) is 5.36. The van der Waals surface area contributed by atoms with Crippen LogP contribution in [0.5, 0.6) is 0 Å². The van der Waals surface area contributed by atoms with E-state index in [1.807, 2.05) is 0 Å². The third-order valence-corrected chi connectivity index (χ3v) is 3.16. The Kier molecular flexibility index (Phi) is 4.17. The molecule has 1 amide bonds. The van der Waals surface area contributed by atoms with Gasteiger partial charge in [0.25, 0.3) is 5.91 Å². The molecular formula is C13H9BrClFN2O. The molecule has 98 valence electrons. The summed E-state index contributed by atoms with van der Waals surface area (Å²) < 4.78 is 13.4. The molecule has 1 aromatic heterocycles. The van der Waals surface area contributed by atoms with E-state index < -0.39 is 0 Å². The zero-order valence-electron chi connectivity index (χ0n) is 9.88.